The van der Waals surface area contributed by atoms with Gasteiger partial charge in [0.2, 0.25) is 5.91 Å². The van der Waals surface area contributed by atoms with Crippen LogP contribution >= 0.6 is 0 Å². The molecule has 2 rings (SSSR count). The molecule has 1 aliphatic rings. The first kappa shape index (κ1) is 8.23. The Bertz CT molecular complexity index is 331. The van der Waals surface area contributed by atoms with E-state index < -0.39 is 0 Å². The van der Waals surface area contributed by atoms with E-state index in [-0.39, 0.29) is 11.8 Å². The third-order valence-corrected chi connectivity index (χ3v) is 2.21. The zero-order valence-electron chi connectivity index (χ0n) is 7.58. The molecule has 0 radical (unpaired) electrons. The van der Waals surface area contributed by atoms with Gasteiger partial charge in [0.15, 0.2) is 0 Å². The van der Waals surface area contributed by atoms with E-state index in [9.17, 15) is 4.79 Å². The highest BCUT2D eigenvalue weighted by Crippen LogP contribution is 2.30. The van der Waals surface area contributed by atoms with E-state index >= 15 is 0 Å². The molecule has 0 saturated heterocycles. The fourth-order valence-electron chi connectivity index (χ4n) is 1.20. The monoisotopic (exact) mass is 176 g/mol. The quantitative estimate of drug-likeness (QED) is 0.745. The van der Waals surface area contributed by atoms with E-state index in [1.165, 1.54) is 0 Å². The van der Waals surface area contributed by atoms with Gasteiger partial charge in [-0.05, 0) is 31.9 Å². The van der Waals surface area contributed by atoms with Gasteiger partial charge in [0.05, 0.1) is 11.4 Å². The van der Waals surface area contributed by atoms with Crippen molar-refractivity contribution in [1.82, 2.24) is 4.98 Å². The van der Waals surface area contributed by atoms with Crippen LogP contribution in [0, 0.1) is 12.8 Å². The molecule has 1 N–H and O–H groups in total. The largest absolute Gasteiger partial charge is 0.324 e. The summed E-state index contributed by atoms with van der Waals surface area (Å²) in [6.45, 7) is 1.89. The minimum absolute atomic E-state index is 0.135. The van der Waals surface area contributed by atoms with Gasteiger partial charge in [0, 0.05) is 12.1 Å². The molecule has 1 aromatic heterocycles. The van der Waals surface area contributed by atoms with Crippen LogP contribution in [0.4, 0.5) is 5.69 Å². The lowest BCUT2D eigenvalue weighted by molar-refractivity contribution is -0.117. The van der Waals surface area contributed by atoms with Crippen molar-refractivity contribution in [2.45, 2.75) is 19.8 Å². The summed E-state index contributed by atoms with van der Waals surface area (Å²) in [6, 6.07) is 3.71. The number of nitrogens with one attached hydrogen (secondary N) is 1. The summed E-state index contributed by atoms with van der Waals surface area (Å²) in [5, 5.41) is 2.87. The van der Waals surface area contributed by atoms with Crippen LogP contribution in [0.15, 0.2) is 18.3 Å². The molecule has 68 valence electrons. The zero-order valence-corrected chi connectivity index (χ0v) is 7.58. The maximum Gasteiger partial charge on any atom is 0.227 e. The molecule has 13 heavy (non-hydrogen) atoms. The summed E-state index contributed by atoms with van der Waals surface area (Å²) < 4.78 is 0. The average molecular weight is 176 g/mol. The molecule has 3 nitrogen and oxygen atoms in total. The summed E-state index contributed by atoms with van der Waals surface area (Å²) in [5.74, 6) is 0.385. The molecule has 1 aromatic rings. The van der Waals surface area contributed by atoms with Crippen LogP contribution < -0.4 is 5.32 Å². The van der Waals surface area contributed by atoms with Crippen LogP contribution in [0.3, 0.4) is 0 Å². The van der Waals surface area contributed by atoms with Crippen molar-refractivity contribution >= 4 is 11.6 Å². The smallest absolute Gasteiger partial charge is 0.227 e. The first-order valence-corrected chi connectivity index (χ1v) is 4.50. The lowest BCUT2D eigenvalue weighted by atomic mass is 10.3. The van der Waals surface area contributed by atoms with Crippen LogP contribution in [-0.4, -0.2) is 10.9 Å². The van der Waals surface area contributed by atoms with Crippen LogP contribution in [0.2, 0.25) is 0 Å². The molecule has 1 fully saturated rings. The summed E-state index contributed by atoms with van der Waals surface area (Å²) in [6.07, 6.45) is 3.79. The molecule has 0 bridgehead atoms. The van der Waals surface area contributed by atoms with Crippen molar-refractivity contribution in [1.29, 1.82) is 0 Å². The van der Waals surface area contributed by atoms with Gasteiger partial charge < -0.3 is 5.32 Å². The number of pyridine rings is 1. The molecule has 3 heteroatoms. The van der Waals surface area contributed by atoms with Crippen LogP contribution in [0.5, 0.6) is 0 Å². The predicted octanol–water partition coefficient (Wildman–Crippen LogP) is 1.74. The van der Waals surface area contributed by atoms with Crippen molar-refractivity contribution < 1.29 is 4.79 Å². The molecular weight excluding hydrogens is 164 g/mol. The number of carbonyl (C=O) groups excluding carboxylic acids is 1. The van der Waals surface area contributed by atoms with Gasteiger partial charge in [0.25, 0.3) is 0 Å². The minimum atomic E-state index is 0.135. The van der Waals surface area contributed by atoms with E-state index in [1.54, 1.807) is 6.20 Å². The molecule has 0 spiro atoms. The average Bonchev–Trinajstić information content (AvgIpc) is 2.91. The number of nitrogens with zero attached hydrogens (tertiary/aromatic N) is 1. The van der Waals surface area contributed by atoms with Crippen LogP contribution in [0.1, 0.15) is 18.5 Å². The Balaban J connectivity index is 2.08. The predicted molar refractivity (Wildman–Crippen MR) is 50.3 cm³/mol. The second-order valence-electron chi connectivity index (χ2n) is 3.40. The first-order valence-electron chi connectivity index (χ1n) is 4.50. The van der Waals surface area contributed by atoms with Crippen molar-refractivity contribution in [2.75, 3.05) is 5.32 Å². The Morgan fingerprint density at radius 1 is 1.62 bits per heavy atom. The Morgan fingerprint density at radius 2 is 2.38 bits per heavy atom. The second kappa shape index (κ2) is 3.17. The molecule has 0 unspecified atom stereocenters. The van der Waals surface area contributed by atoms with Gasteiger partial charge in [-0.3, -0.25) is 9.78 Å². The highest BCUT2D eigenvalue weighted by Gasteiger charge is 2.29. The topological polar surface area (TPSA) is 42.0 Å². The van der Waals surface area contributed by atoms with Gasteiger partial charge in [-0.15, -0.1) is 0 Å². The number of hydrogen-bond acceptors (Lipinski definition) is 2. The normalized spacial score (nSPS) is 15.5. The summed E-state index contributed by atoms with van der Waals surface area (Å²) >= 11 is 0. The summed E-state index contributed by atoms with van der Waals surface area (Å²) in [7, 11) is 0. The van der Waals surface area contributed by atoms with Gasteiger partial charge in [0.1, 0.15) is 0 Å². The van der Waals surface area contributed by atoms with Crippen molar-refractivity contribution in [3.63, 3.8) is 0 Å². The molecule has 1 amide bonds. The van der Waals surface area contributed by atoms with Gasteiger partial charge in [-0.2, -0.15) is 0 Å². The van der Waals surface area contributed by atoms with Crippen LogP contribution in [0.25, 0.3) is 0 Å². The fraction of sp³-hybridized carbons (Fsp3) is 0.400. The Morgan fingerprint density at radius 3 is 3.00 bits per heavy atom. The van der Waals surface area contributed by atoms with E-state index in [2.05, 4.69) is 10.3 Å². The molecule has 1 aliphatic carbocycles. The molecule has 1 heterocycles. The van der Waals surface area contributed by atoms with Gasteiger partial charge in [-0.1, -0.05) is 0 Å². The maximum atomic E-state index is 11.4. The summed E-state index contributed by atoms with van der Waals surface area (Å²) in [5.41, 5.74) is 1.70. The zero-order chi connectivity index (χ0) is 9.26. The Hall–Kier alpha value is -1.38. The van der Waals surface area contributed by atoms with Crippen molar-refractivity contribution in [2.24, 2.45) is 5.92 Å². The first-order chi connectivity index (χ1) is 6.27. The maximum absolute atomic E-state index is 11.4. The summed E-state index contributed by atoms with van der Waals surface area (Å²) in [4.78, 5) is 15.5. The number of hydrogen-bond donors (Lipinski definition) is 1. The molecule has 0 aromatic carbocycles. The number of aromatic nitrogens is 1. The number of rotatable bonds is 2. The standard InChI is InChI=1S/C10H12N2O/c1-7-9(3-2-6-11-7)12-10(13)8-4-5-8/h2-3,6,8H,4-5H2,1H3,(H,12,13). The SMILES string of the molecule is Cc1ncccc1NC(=O)C1CC1. The molecule has 0 atom stereocenters. The van der Waals surface area contributed by atoms with Crippen molar-refractivity contribution in [3.8, 4) is 0 Å². The number of anilines is 1. The fourth-order valence-corrected chi connectivity index (χ4v) is 1.20. The third-order valence-electron chi connectivity index (χ3n) is 2.21. The van der Waals surface area contributed by atoms with Crippen LogP contribution in [-0.2, 0) is 4.79 Å². The minimum Gasteiger partial charge on any atom is -0.324 e. The molecule has 1 saturated carbocycles. The van der Waals surface area contributed by atoms with Gasteiger partial charge in [-0.25, -0.2) is 0 Å². The molecule has 0 aliphatic heterocycles. The van der Waals surface area contributed by atoms with E-state index in [4.69, 9.17) is 0 Å². The lowest BCUT2D eigenvalue weighted by Crippen LogP contribution is -2.14. The number of aryl methyl sites for hydroxylation is 1. The Labute approximate surface area is 77.2 Å². The number of carbonyl (C=O) groups is 1. The highest BCUT2D eigenvalue weighted by atomic mass is 16.2. The third kappa shape index (κ3) is 1.86. The number of amides is 1. The van der Waals surface area contributed by atoms with E-state index in [0.717, 1.165) is 24.2 Å². The lowest BCUT2D eigenvalue weighted by Gasteiger charge is -2.05. The van der Waals surface area contributed by atoms with E-state index in [0.29, 0.717) is 0 Å². The highest BCUT2D eigenvalue weighted by molar-refractivity contribution is 5.94. The van der Waals surface area contributed by atoms with Crippen molar-refractivity contribution in [3.05, 3.63) is 24.0 Å². The van der Waals surface area contributed by atoms with E-state index in [1.807, 2.05) is 19.1 Å². The Kier molecular flexibility index (Phi) is 2.00. The van der Waals surface area contributed by atoms with Gasteiger partial charge >= 0.3 is 0 Å². The second-order valence-corrected chi connectivity index (χ2v) is 3.40. The molecular formula is C10H12N2O.